The first-order valence-electron chi connectivity index (χ1n) is 6.64. The van der Waals surface area contributed by atoms with Crippen molar-refractivity contribution in [2.45, 2.75) is 4.90 Å². The Bertz CT molecular complexity index is 589. The van der Waals surface area contributed by atoms with Crippen LogP contribution in [0.15, 0.2) is 23.1 Å². The number of rotatable bonds is 5. The van der Waals surface area contributed by atoms with Crippen molar-refractivity contribution >= 4 is 19.7 Å². The zero-order chi connectivity index (χ0) is 15.5. The molecule has 0 bridgehead atoms. The Morgan fingerprint density at radius 3 is 2.52 bits per heavy atom. The third-order valence-electron chi connectivity index (χ3n) is 3.45. The molecule has 2 rings (SSSR count). The first-order valence-corrected chi connectivity index (χ1v) is 8.95. The summed E-state index contributed by atoms with van der Waals surface area (Å²) in [5.74, 6) is -0.691. The molecule has 0 amide bonds. The molecule has 0 N–H and O–H groups in total. The van der Waals surface area contributed by atoms with E-state index in [1.165, 1.54) is 12.1 Å². The Kier molecular flexibility index (Phi) is 5.43. The molecule has 1 heterocycles. The molecule has 118 valence electrons. The average molecular weight is 337 g/mol. The normalized spacial score (nSPS) is 17.9. The van der Waals surface area contributed by atoms with Gasteiger partial charge >= 0.3 is 0 Å². The van der Waals surface area contributed by atoms with Gasteiger partial charge in [0, 0.05) is 43.4 Å². The second-order valence-corrected chi connectivity index (χ2v) is 7.59. The first-order chi connectivity index (χ1) is 9.86. The number of likely N-dealkylation sites (N-methyl/N-ethyl adjacent to an activating group) is 1. The summed E-state index contributed by atoms with van der Waals surface area (Å²) in [4.78, 5) is 4.23. The van der Waals surface area contributed by atoms with Crippen molar-refractivity contribution in [2.75, 3.05) is 46.4 Å². The van der Waals surface area contributed by atoms with Crippen molar-refractivity contribution in [3.8, 4) is 5.75 Å². The molecule has 0 radical (unpaired) electrons. The van der Waals surface area contributed by atoms with Crippen LogP contribution in [0.4, 0.5) is 4.39 Å². The summed E-state index contributed by atoms with van der Waals surface area (Å²) < 4.78 is 41.3. The highest BCUT2D eigenvalue weighted by atomic mass is 35.7. The molecule has 8 heteroatoms. The zero-order valence-corrected chi connectivity index (χ0v) is 13.3. The van der Waals surface area contributed by atoms with E-state index < -0.39 is 14.9 Å². The smallest absolute Gasteiger partial charge is 0.261 e. The number of hydrogen-bond acceptors (Lipinski definition) is 5. The van der Waals surface area contributed by atoms with Gasteiger partial charge in [0.25, 0.3) is 9.05 Å². The standard InChI is InChI=1S/C13H18ClFN2O3S/c1-16-4-6-17(7-5-16)8-9-20-13-3-2-11(10-12(13)15)21(14,18)19/h2-3,10H,4-9H2,1H3. The van der Waals surface area contributed by atoms with Gasteiger partial charge in [-0.1, -0.05) is 0 Å². The van der Waals surface area contributed by atoms with E-state index in [9.17, 15) is 12.8 Å². The van der Waals surface area contributed by atoms with Crippen LogP contribution in [0, 0.1) is 5.82 Å². The summed E-state index contributed by atoms with van der Waals surface area (Å²) in [6.07, 6.45) is 0. The summed E-state index contributed by atoms with van der Waals surface area (Å²) >= 11 is 0. The van der Waals surface area contributed by atoms with Crippen molar-refractivity contribution in [1.82, 2.24) is 9.80 Å². The molecule has 1 saturated heterocycles. The molecule has 0 aliphatic carbocycles. The van der Waals surface area contributed by atoms with Crippen molar-refractivity contribution in [1.29, 1.82) is 0 Å². The second kappa shape index (κ2) is 6.91. The molecule has 0 atom stereocenters. The first kappa shape index (κ1) is 16.5. The van der Waals surface area contributed by atoms with Crippen LogP contribution in [0.25, 0.3) is 0 Å². The lowest BCUT2D eigenvalue weighted by Crippen LogP contribution is -2.45. The number of halogens is 2. The van der Waals surface area contributed by atoms with Gasteiger partial charge in [0.1, 0.15) is 6.61 Å². The SMILES string of the molecule is CN1CCN(CCOc2ccc(S(=O)(=O)Cl)cc2F)CC1. The maximum atomic E-state index is 13.7. The van der Waals surface area contributed by atoms with Gasteiger partial charge in [0.15, 0.2) is 11.6 Å². The largest absolute Gasteiger partial charge is 0.489 e. The Morgan fingerprint density at radius 2 is 1.95 bits per heavy atom. The Morgan fingerprint density at radius 1 is 1.29 bits per heavy atom. The molecule has 1 aromatic carbocycles. The molecule has 1 fully saturated rings. The van der Waals surface area contributed by atoms with Gasteiger partial charge in [-0.05, 0) is 25.2 Å². The summed E-state index contributed by atoms with van der Waals surface area (Å²) in [5.41, 5.74) is 0. The minimum atomic E-state index is -3.92. The minimum absolute atomic E-state index is 0.0354. The molecule has 5 nitrogen and oxygen atoms in total. The van der Waals surface area contributed by atoms with Crippen LogP contribution >= 0.6 is 10.7 Å². The van der Waals surface area contributed by atoms with E-state index in [4.69, 9.17) is 15.4 Å². The van der Waals surface area contributed by atoms with Gasteiger partial charge < -0.3 is 9.64 Å². The van der Waals surface area contributed by atoms with Gasteiger partial charge in [-0.2, -0.15) is 0 Å². The van der Waals surface area contributed by atoms with Gasteiger partial charge in [-0.25, -0.2) is 12.8 Å². The summed E-state index contributed by atoms with van der Waals surface area (Å²) in [5, 5.41) is 0. The molecule has 0 spiro atoms. The van der Waals surface area contributed by atoms with Gasteiger partial charge in [-0.15, -0.1) is 0 Å². The van der Waals surface area contributed by atoms with Crippen molar-refractivity contribution in [3.05, 3.63) is 24.0 Å². The Labute approximate surface area is 128 Å². The lowest BCUT2D eigenvalue weighted by atomic mass is 10.3. The van der Waals surface area contributed by atoms with Crippen LogP contribution in [0.5, 0.6) is 5.75 Å². The highest BCUT2D eigenvalue weighted by Gasteiger charge is 2.15. The van der Waals surface area contributed by atoms with E-state index in [1.807, 2.05) is 0 Å². The summed E-state index contributed by atoms with van der Waals surface area (Å²) in [6, 6.07) is 3.39. The minimum Gasteiger partial charge on any atom is -0.489 e. The van der Waals surface area contributed by atoms with Gasteiger partial charge in [0.05, 0.1) is 4.90 Å². The predicted molar refractivity (Wildman–Crippen MR) is 78.9 cm³/mol. The van der Waals surface area contributed by atoms with Crippen molar-refractivity contribution < 1.29 is 17.5 Å². The maximum Gasteiger partial charge on any atom is 0.261 e. The third-order valence-corrected chi connectivity index (χ3v) is 4.80. The van der Waals surface area contributed by atoms with E-state index in [2.05, 4.69) is 16.8 Å². The topological polar surface area (TPSA) is 49.9 Å². The number of piperazine rings is 1. The van der Waals surface area contributed by atoms with Crippen LogP contribution < -0.4 is 4.74 Å². The monoisotopic (exact) mass is 336 g/mol. The molecular weight excluding hydrogens is 319 g/mol. The van der Waals surface area contributed by atoms with Gasteiger partial charge in [0.2, 0.25) is 0 Å². The molecule has 21 heavy (non-hydrogen) atoms. The molecule has 0 saturated carbocycles. The van der Waals surface area contributed by atoms with Crippen LogP contribution in [0.1, 0.15) is 0 Å². The fraction of sp³-hybridized carbons (Fsp3) is 0.538. The highest BCUT2D eigenvalue weighted by molar-refractivity contribution is 8.13. The van der Waals surface area contributed by atoms with Crippen molar-refractivity contribution in [3.63, 3.8) is 0 Å². The number of hydrogen-bond donors (Lipinski definition) is 0. The lowest BCUT2D eigenvalue weighted by Gasteiger charge is -2.32. The summed E-state index contributed by atoms with van der Waals surface area (Å²) in [7, 11) is 3.31. The molecule has 1 aromatic rings. The quantitative estimate of drug-likeness (QED) is 0.760. The van der Waals surface area contributed by atoms with Crippen LogP contribution in [-0.2, 0) is 9.05 Å². The van der Waals surface area contributed by atoms with E-state index in [0.29, 0.717) is 13.2 Å². The van der Waals surface area contributed by atoms with Crippen LogP contribution in [-0.4, -0.2) is 64.6 Å². The number of benzene rings is 1. The van der Waals surface area contributed by atoms with Gasteiger partial charge in [-0.3, -0.25) is 4.90 Å². The molecule has 1 aliphatic heterocycles. The lowest BCUT2D eigenvalue weighted by molar-refractivity contribution is 0.132. The zero-order valence-electron chi connectivity index (χ0n) is 11.8. The highest BCUT2D eigenvalue weighted by Crippen LogP contribution is 2.23. The van der Waals surface area contributed by atoms with E-state index >= 15 is 0 Å². The predicted octanol–water partition coefficient (Wildman–Crippen LogP) is 1.38. The van der Waals surface area contributed by atoms with E-state index in [-0.39, 0.29) is 10.6 Å². The molecule has 1 aliphatic rings. The summed E-state index contributed by atoms with van der Waals surface area (Å²) in [6.45, 7) is 5.02. The van der Waals surface area contributed by atoms with E-state index in [0.717, 1.165) is 32.2 Å². The third kappa shape index (κ3) is 4.81. The van der Waals surface area contributed by atoms with Crippen LogP contribution in [0.2, 0.25) is 0 Å². The number of nitrogens with zero attached hydrogens (tertiary/aromatic N) is 2. The fourth-order valence-electron chi connectivity index (χ4n) is 2.11. The Hall–Kier alpha value is -0.890. The molecule has 0 aromatic heterocycles. The fourth-order valence-corrected chi connectivity index (χ4v) is 2.87. The van der Waals surface area contributed by atoms with Crippen LogP contribution in [0.3, 0.4) is 0 Å². The molecule has 0 unspecified atom stereocenters. The Balaban J connectivity index is 1.86. The molecular formula is C13H18ClFN2O3S. The van der Waals surface area contributed by atoms with Crippen molar-refractivity contribution in [2.24, 2.45) is 0 Å². The average Bonchev–Trinajstić information content (AvgIpc) is 2.41. The maximum absolute atomic E-state index is 13.7. The van der Waals surface area contributed by atoms with E-state index in [1.54, 1.807) is 0 Å². The number of ether oxygens (including phenoxy) is 1. The second-order valence-electron chi connectivity index (χ2n) is 5.02.